The Balaban J connectivity index is 1.97. The van der Waals surface area contributed by atoms with Gasteiger partial charge in [0.1, 0.15) is 0 Å². The predicted molar refractivity (Wildman–Crippen MR) is 52.7 cm³/mol. The summed E-state index contributed by atoms with van der Waals surface area (Å²) in [5.74, 6) is 0.628. The van der Waals surface area contributed by atoms with Gasteiger partial charge >= 0.3 is 0 Å². The van der Waals surface area contributed by atoms with Crippen molar-refractivity contribution >= 4 is 11.6 Å². The van der Waals surface area contributed by atoms with Gasteiger partial charge in [-0.15, -0.1) is 0 Å². The molecule has 0 aromatic heterocycles. The lowest BCUT2D eigenvalue weighted by molar-refractivity contribution is -0.122. The van der Waals surface area contributed by atoms with E-state index in [0.29, 0.717) is 5.92 Å². The van der Waals surface area contributed by atoms with Gasteiger partial charge in [-0.2, -0.15) is 5.10 Å². The van der Waals surface area contributed by atoms with Gasteiger partial charge in [0.15, 0.2) is 0 Å². The second kappa shape index (κ2) is 2.67. The molecule has 0 radical (unpaired) electrons. The number of nitrogens with one attached hydrogen (secondary N) is 1. The molecular formula is C11H10N2O. The van der Waals surface area contributed by atoms with Crippen molar-refractivity contribution in [1.29, 1.82) is 0 Å². The van der Waals surface area contributed by atoms with E-state index in [1.807, 2.05) is 30.3 Å². The van der Waals surface area contributed by atoms with Crippen LogP contribution in [-0.4, -0.2) is 11.6 Å². The van der Waals surface area contributed by atoms with Gasteiger partial charge < -0.3 is 0 Å². The topological polar surface area (TPSA) is 41.5 Å². The highest BCUT2D eigenvalue weighted by molar-refractivity contribution is 6.09. The minimum absolute atomic E-state index is 0.0784. The zero-order valence-corrected chi connectivity index (χ0v) is 7.60. The van der Waals surface area contributed by atoms with Crippen molar-refractivity contribution in [3.8, 4) is 0 Å². The Kier molecular flexibility index (Phi) is 1.48. The normalized spacial score (nSPS) is 28.9. The van der Waals surface area contributed by atoms with Crippen LogP contribution >= 0.6 is 0 Å². The fourth-order valence-electron chi connectivity index (χ4n) is 1.96. The van der Waals surface area contributed by atoms with Crippen molar-refractivity contribution in [2.75, 3.05) is 0 Å². The van der Waals surface area contributed by atoms with Crippen LogP contribution < -0.4 is 5.43 Å². The maximum absolute atomic E-state index is 11.2. The van der Waals surface area contributed by atoms with E-state index in [1.54, 1.807) is 0 Å². The van der Waals surface area contributed by atoms with Crippen LogP contribution in [-0.2, 0) is 4.79 Å². The number of hydrazone groups is 1. The van der Waals surface area contributed by atoms with E-state index in [9.17, 15) is 4.79 Å². The summed E-state index contributed by atoms with van der Waals surface area (Å²) in [5.41, 5.74) is 4.73. The van der Waals surface area contributed by atoms with Crippen molar-refractivity contribution in [2.24, 2.45) is 16.9 Å². The van der Waals surface area contributed by atoms with Gasteiger partial charge in [-0.05, 0) is 12.0 Å². The third-order valence-electron chi connectivity index (χ3n) is 2.83. The van der Waals surface area contributed by atoms with E-state index in [1.165, 1.54) is 0 Å². The van der Waals surface area contributed by atoms with E-state index in [-0.39, 0.29) is 11.8 Å². The molecule has 1 saturated carbocycles. The fraction of sp³-hybridized carbons (Fsp3) is 0.273. The number of benzene rings is 1. The number of carbonyl (C=O) groups is 1. The summed E-state index contributed by atoms with van der Waals surface area (Å²) in [6.45, 7) is 0. The zero-order chi connectivity index (χ0) is 9.54. The highest BCUT2D eigenvalue weighted by Gasteiger charge is 2.49. The van der Waals surface area contributed by atoms with Crippen LogP contribution in [0.4, 0.5) is 0 Å². The predicted octanol–water partition coefficient (Wildman–Crippen LogP) is 1.16. The second-order valence-corrected chi connectivity index (χ2v) is 3.79. The van der Waals surface area contributed by atoms with Crippen LogP contribution in [0.1, 0.15) is 12.0 Å². The lowest BCUT2D eigenvalue weighted by Crippen LogP contribution is -2.28. The first-order chi connectivity index (χ1) is 6.86. The Hall–Kier alpha value is -1.64. The number of hydrogen-bond donors (Lipinski definition) is 1. The first-order valence-corrected chi connectivity index (χ1v) is 4.79. The van der Waals surface area contributed by atoms with Crippen LogP contribution in [0.3, 0.4) is 0 Å². The highest BCUT2D eigenvalue weighted by Crippen LogP contribution is 2.43. The molecule has 0 saturated heterocycles. The summed E-state index contributed by atoms with van der Waals surface area (Å²) in [6, 6.07) is 10.0. The van der Waals surface area contributed by atoms with Crippen LogP contribution in [0, 0.1) is 11.8 Å². The molecule has 3 heteroatoms. The number of carbonyl (C=O) groups excluding carboxylic acids is 1. The molecule has 1 heterocycles. The van der Waals surface area contributed by atoms with Crippen molar-refractivity contribution < 1.29 is 4.79 Å². The third kappa shape index (κ3) is 1.05. The molecule has 0 spiro atoms. The fourth-order valence-corrected chi connectivity index (χ4v) is 1.96. The molecule has 3 rings (SSSR count). The summed E-state index contributed by atoms with van der Waals surface area (Å²) in [6.07, 6.45) is 0.958. The minimum Gasteiger partial charge on any atom is -0.273 e. The van der Waals surface area contributed by atoms with Crippen LogP contribution in [0.5, 0.6) is 0 Å². The molecule has 3 nitrogen and oxygen atoms in total. The van der Waals surface area contributed by atoms with E-state index < -0.39 is 0 Å². The molecular weight excluding hydrogens is 176 g/mol. The van der Waals surface area contributed by atoms with Crippen LogP contribution in [0.25, 0.3) is 0 Å². The summed E-state index contributed by atoms with van der Waals surface area (Å²) in [7, 11) is 0. The summed E-state index contributed by atoms with van der Waals surface area (Å²) in [4.78, 5) is 11.2. The smallest absolute Gasteiger partial charge is 0.243 e. The zero-order valence-electron chi connectivity index (χ0n) is 7.60. The molecule has 1 fully saturated rings. The number of nitrogens with zero attached hydrogens (tertiary/aromatic N) is 1. The molecule has 1 aliphatic heterocycles. The van der Waals surface area contributed by atoms with Gasteiger partial charge in [0, 0.05) is 11.8 Å². The Bertz CT molecular complexity index is 411. The molecule has 1 aromatic carbocycles. The Morgan fingerprint density at radius 2 is 2.00 bits per heavy atom. The van der Waals surface area contributed by atoms with Gasteiger partial charge in [-0.1, -0.05) is 30.3 Å². The first kappa shape index (κ1) is 7.74. The monoisotopic (exact) mass is 186 g/mol. The number of hydrogen-bond acceptors (Lipinski definition) is 2. The maximum Gasteiger partial charge on any atom is 0.243 e. The van der Waals surface area contributed by atoms with Gasteiger partial charge in [0.2, 0.25) is 5.91 Å². The SMILES string of the molecule is O=C1NN=C(c2ccccc2)[C@@H]2C[C@H]12. The Morgan fingerprint density at radius 1 is 1.21 bits per heavy atom. The standard InChI is InChI=1S/C11H10N2O/c14-11-9-6-8(9)10(12-13-11)7-4-2-1-3-5-7/h1-5,8-9H,6H2,(H,13,14)/t8-,9+/m1/s1. The maximum atomic E-state index is 11.2. The van der Waals surface area contributed by atoms with E-state index in [4.69, 9.17) is 0 Å². The summed E-state index contributed by atoms with van der Waals surface area (Å²) in [5, 5.41) is 4.12. The minimum atomic E-state index is 0.0784. The molecule has 1 amide bonds. The average molecular weight is 186 g/mol. The molecule has 1 aromatic rings. The Labute approximate surface area is 81.8 Å². The van der Waals surface area contributed by atoms with E-state index >= 15 is 0 Å². The Morgan fingerprint density at radius 3 is 2.79 bits per heavy atom. The van der Waals surface area contributed by atoms with Gasteiger partial charge in [0.05, 0.1) is 5.71 Å². The number of fused-ring (bicyclic) bond motifs is 1. The largest absolute Gasteiger partial charge is 0.273 e. The number of rotatable bonds is 1. The van der Waals surface area contributed by atoms with Crippen molar-refractivity contribution in [2.45, 2.75) is 6.42 Å². The molecule has 0 unspecified atom stereocenters. The lowest BCUT2D eigenvalue weighted by atomic mass is 10.0. The molecule has 2 atom stereocenters. The van der Waals surface area contributed by atoms with Crippen molar-refractivity contribution in [3.05, 3.63) is 35.9 Å². The highest BCUT2D eigenvalue weighted by atomic mass is 16.2. The molecule has 1 N–H and O–H groups in total. The van der Waals surface area contributed by atoms with Crippen molar-refractivity contribution in [1.82, 2.24) is 5.43 Å². The van der Waals surface area contributed by atoms with Crippen LogP contribution in [0.15, 0.2) is 35.4 Å². The third-order valence-corrected chi connectivity index (χ3v) is 2.83. The van der Waals surface area contributed by atoms with E-state index in [2.05, 4.69) is 10.5 Å². The molecule has 14 heavy (non-hydrogen) atoms. The number of amides is 1. The second-order valence-electron chi connectivity index (χ2n) is 3.79. The quantitative estimate of drug-likeness (QED) is 0.702. The molecule has 1 aliphatic carbocycles. The average Bonchev–Trinajstić information content (AvgIpc) is 3.00. The van der Waals surface area contributed by atoms with Gasteiger partial charge in [0.25, 0.3) is 0 Å². The molecule has 70 valence electrons. The summed E-state index contributed by atoms with van der Waals surface area (Å²) >= 11 is 0. The molecule has 0 bridgehead atoms. The first-order valence-electron chi connectivity index (χ1n) is 4.79. The van der Waals surface area contributed by atoms with Crippen molar-refractivity contribution in [3.63, 3.8) is 0 Å². The lowest BCUT2D eigenvalue weighted by Gasteiger charge is -2.10. The van der Waals surface area contributed by atoms with Gasteiger partial charge in [-0.25, -0.2) is 5.43 Å². The van der Waals surface area contributed by atoms with E-state index in [0.717, 1.165) is 17.7 Å². The summed E-state index contributed by atoms with van der Waals surface area (Å²) < 4.78 is 0. The molecule has 2 aliphatic rings. The van der Waals surface area contributed by atoms with Gasteiger partial charge in [-0.3, -0.25) is 4.79 Å². The van der Waals surface area contributed by atoms with Crippen LogP contribution in [0.2, 0.25) is 0 Å².